The highest BCUT2D eigenvalue weighted by Crippen LogP contribution is 2.30. The van der Waals surface area contributed by atoms with Crippen LogP contribution in [0, 0.1) is 0 Å². The van der Waals surface area contributed by atoms with Gasteiger partial charge in [0, 0.05) is 12.0 Å². The number of hydrogen-bond acceptors (Lipinski definition) is 3. The molecule has 0 bridgehead atoms. The molecule has 1 aromatic heterocycles. The van der Waals surface area contributed by atoms with Crippen molar-refractivity contribution in [2.45, 2.75) is 25.6 Å². The summed E-state index contributed by atoms with van der Waals surface area (Å²) >= 11 is 7.15. The second kappa shape index (κ2) is 4.96. The standard InChI is InChI=1S/C9H13ClO2S/c1-3-6(12-2)9(11)7-4-5-8(10)13-7/h4-6,9,11H,3H2,1-2H3. The molecule has 0 amide bonds. The van der Waals surface area contributed by atoms with Crippen LogP contribution in [0.1, 0.15) is 24.3 Å². The summed E-state index contributed by atoms with van der Waals surface area (Å²) in [7, 11) is 1.60. The molecule has 2 atom stereocenters. The maximum absolute atomic E-state index is 9.82. The van der Waals surface area contributed by atoms with E-state index in [4.69, 9.17) is 16.3 Å². The average Bonchev–Trinajstić information content (AvgIpc) is 2.54. The number of aliphatic hydroxyl groups excluding tert-OH is 1. The van der Waals surface area contributed by atoms with E-state index in [9.17, 15) is 5.11 Å². The largest absolute Gasteiger partial charge is 0.385 e. The molecule has 2 unspecified atom stereocenters. The third-order valence-electron chi connectivity index (χ3n) is 1.94. The highest BCUT2D eigenvalue weighted by molar-refractivity contribution is 7.16. The fourth-order valence-electron chi connectivity index (χ4n) is 1.19. The first-order chi connectivity index (χ1) is 6.19. The van der Waals surface area contributed by atoms with Crippen molar-refractivity contribution >= 4 is 22.9 Å². The van der Waals surface area contributed by atoms with Gasteiger partial charge < -0.3 is 9.84 Å². The van der Waals surface area contributed by atoms with Gasteiger partial charge in [-0.15, -0.1) is 11.3 Å². The van der Waals surface area contributed by atoms with E-state index in [1.807, 2.05) is 13.0 Å². The topological polar surface area (TPSA) is 29.5 Å². The van der Waals surface area contributed by atoms with Gasteiger partial charge in [0.05, 0.1) is 10.4 Å². The Kier molecular flexibility index (Phi) is 4.19. The van der Waals surface area contributed by atoms with Crippen molar-refractivity contribution in [2.75, 3.05) is 7.11 Å². The molecule has 0 saturated heterocycles. The van der Waals surface area contributed by atoms with E-state index in [-0.39, 0.29) is 6.10 Å². The molecule has 0 radical (unpaired) electrons. The second-order valence-electron chi connectivity index (χ2n) is 2.77. The predicted molar refractivity (Wildman–Crippen MR) is 55.4 cm³/mol. The van der Waals surface area contributed by atoms with E-state index in [2.05, 4.69) is 0 Å². The third-order valence-corrected chi connectivity index (χ3v) is 3.24. The van der Waals surface area contributed by atoms with E-state index in [0.29, 0.717) is 4.34 Å². The maximum atomic E-state index is 9.82. The Morgan fingerprint density at radius 2 is 2.31 bits per heavy atom. The van der Waals surface area contributed by atoms with Gasteiger partial charge in [0.25, 0.3) is 0 Å². The number of aliphatic hydroxyl groups is 1. The van der Waals surface area contributed by atoms with Gasteiger partial charge in [0.2, 0.25) is 0 Å². The van der Waals surface area contributed by atoms with Gasteiger partial charge in [0.15, 0.2) is 0 Å². The molecular formula is C9H13ClO2S. The van der Waals surface area contributed by atoms with Crippen molar-refractivity contribution in [1.29, 1.82) is 0 Å². The predicted octanol–water partition coefficient (Wildman–Crippen LogP) is 2.86. The number of ether oxygens (including phenoxy) is 1. The highest BCUT2D eigenvalue weighted by atomic mass is 35.5. The molecule has 13 heavy (non-hydrogen) atoms. The molecule has 0 aliphatic rings. The molecule has 1 heterocycles. The summed E-state index contributed by atoms with van der Waals surface area (Å²) in [4.78, 5) is 0.860. The molecule has 74 valence electrons. The van der Waals surface area contributed by atoms with E-state index in [0.717, 1.165) is 11.3 Å². The minimum Gasteiger partial charge on any atom is -0.385 e. The first-order valence-electron chi connectivity index (χ1n) is 4.15. The van der Waals surface area contributed by atoms with E-state index >= 15 is 0 Å². The minimum atomic E-state index is -0.563. The fourth-order valence-corrected chi connectivity index (χ4v) is 2.29. The first kappa shape index (κ1) is 11.0. The fraction of sp³-hybridized carbons (Fsp3) is 0.556. The lowest BCUT2D eigenvalue weighted by atomic mass is 10.1. The molecule has 0 aromatic carbocycles. The van der Waals surface area contributed by atoms with Gasteiger partial charge in [-0.05, 0) is 18.6 Å². The average molecular weight is 221 g/mol. The number of thiophene rings is 1. The number of hydrogen-bond donors (Lipinski definition) is 1. The smallest absolute Gasteiger partial charge is 0.114 e. The number of rotatable bonds is 4. The van der Waals surface area contributed by atoms with E-state index in [1.54, 1.807) is 13.2 Å². The molecule has 0 spiro atoms. The highest BCUT2D eigenvalue weighted by Gasteiger charge is 2.19. The summed E-state index contributed by atoms with van der Waals surface area (Å²) in [6, 6.07) is 3.62. The van der Waals surface area contributed by atoms with Gasteiger partial charge >= 0.3 is 0 Å². The van der Waals surface area contributed by atoms with Crippen LogP contribution < -0.4 is 0 Å². The third kappa shape index (κ3) is 2.68. The van der Waals surface area contributed by atoms with Crippen LogP contribution in [0.15, 0.2) is 12.1 Å². The first-order valence-corrected chi connectivity index (χ1v) is 5.34. The lowest BCUT2D eigenvalue weighted by Crippen LogP contribution is -2.18. The molecule has 0 fully saturated rings. The number of halogens is 1. The van der Waals surface area contributed by atoms with Gasteiger partial charge in [-0.3, -0.25) is 0 Å². The monoisotopic (exact) mass is 220 g/mol. The summed E-state index contributed by atoms with van der Waals surface area (Å²) in [5, 5.41) is 9.82. The normalized spacial score (nSPS) is 15.7. The Labute approximate surface area is 87.1 Å². The molecule has 0 aliphatic carbocycles. The van der Waals surface area contributed by atoms with Gasteiger partial charge in [-0.2, -0.15) is 0 Å². The van der Waals surface area contributed by atoms with Crippen LogP contribution in [-0.4, -0.2) is 18.3 Å². The Morgan fingerprint density at radius 1 is 1.62 bits per heavy atom. The van der Waals surface area contributed by atoms with Crippen molar-refractivity contribution in [3.05, 3.63) is 21.3 Å². The van der Waals surface area contributed by atoms with Gasteiger partial charge in [0.1, 0.15) is 6.10 Å². The van der Waals surface area contributed by atoms with Crippen LogP contribution in [-0.2, 0) is 4.74 Å². The molecule has 1 aromatic rings. The quantitative estimate of drug-likeness (QED) is 0.846. The van der Waals surface area contributed by atoms with Crippen molar-refractivity contribution in [2.24, 2.45) is 0 Å². The molecule has 0 aliphatic heterocycles. The maximum Gasteiger partial charge on any atom is 0.114 e. The molecule has 1 N–H and O–H groups in total. The van der Waals surface area contributed by atoms with Crippen molar-refractivity contribution in [3.63, 3.8) is 0 Å². The molecule has 2 nitrogen and oxygen atoms in total. The van der Waals surface area contributed by atoms with Gasteiger partial charge in [-0.25, -0.2) is 0 Å². The van der Waals surface area contributed by atoms with Crippen LogP contribution in [0.4, 0.5) is 0 Å². The van der Waals surface area contributed by atoms with Crippen LogP contribution in [0.5, 0.6) is 0 Å². The summed E-state index contributed by atoms with van der Waals surface area (Å²) in [5.74, 6) is 0. The number of methoxy groups -OCH3 is 1. The van der Waals surface area contributed by atoms with Crippen molar-refractivity contribution in [3.8, 4) is 0 Å². The van der Waals surface area contributed by atoms with Crippen molar-refractivity contribution < 1.29 is 9.84 Å². The molecule has 4 heteroatoms. The molecule has 0 saturated carbocycles. The molecular weight excluding hydrogens is 208 g/mol. The lowest BCUT2D eigenvalue weighted by Gasteiger charge is -2.18. The van der Waals surface area contributed by atoms with Crippen LogP contribution in [0.25, 0.3) is 0 Å². The summed E-state index contributed by atoms with van der Waals surface area (Å²) in [6.45, 7) is 1.98. The Balaban J connectivity index is 2.71. The van der Waals surface area contributed by atoms with E-state index < -0.39 is 6.10 Å². The van der Waals surface area contributed by atoms with E-state index in [1.165, 1.54) is 11.3 Å². The van der Waals surface area contributed by atoms with Crippen molar-refractivity contribution in [1.82, 2.24) is 0 Å². The Morgan fingerprint density at radius 3 is 2.69 bits per heavy atom. The minimum absolute atomic E-state index is 0.144. The summed E-state index contributed by atoms with van der Waals surface area (Å²) in [5.41, 5.74) is 0. The van der Waals surface area contributed by atoms with Gasteiger partial charge in [-0.1, -0.05) is 18.5 Å². The summed E-state index contributed by atoms with van der Waals surface area (Å²) in [6.07, 6.45) is 0.0786. The summed E-state index contributed by atoms with van der Waals surface area (Å²) < 4.78 is 5.83. The van der Waals surface area contributed by atoms with Crippen LogP contribution in [0.3, 0.4) is 0 Å². The zero-order valence-electron chi connectivity index (χ0n) is 7.66. The molecule has 1 rings (SSSR count). The zero-order valence-corrected chi connectivity index (χ0v) is 9.23. The van der Waals surface area contributed by atoms with Crippen LogP contribution >= 0.6 is 22.9 Å². The van der Waals surface area contributed by atoms with Crippen LogP contribution in [0.2, 0.25) is 4.34 Å². The second-order valence-corrected chi connectivity index (χ2v) is 4.52. The Bertz CT molecular complexity index is 258. The lowest BCUT2D eigenvalue weighted by molar-refractivity contribution is -0.0131. The Hall–Kier alpha value is -0.0900. The zero-order chi connectivity index (χ0) is 9.84. The SMILES string of the molecule is CCC(OC)C(O)c1ccc(Cl)s1.